The normalized spacial score (nSPS) is 35.5. The molecule has 0 saturated heterocycles. The molecule has 0 heterocycles. The summed E-state index contributed by atoms with van der Waals surface area (Å²) >= 11 is 0. The number of allylic oxidation sites excluding steroid dienone is 2. The second kappa shape index (κ2) is 3.47. The van der Waals surface area contributed by atoms with Crippen LogP contribution in [-0.4, -0.2) is 11.2 Å². The van der Waals surface area contributed by atoms with Gasteiger partial charge in [0.2, 0.25) is 0 Å². The lowest BCUT2D eigenvalue weighted by Gasteiger charge is -2.34. The second-order valence-corrected chi connectivity index (χ2v) is 4.80. The van der Waals surface area contributed by atoms with Crippen LogP contribution in [0.5, 0.6) is 0 Å². The number of nitrogens with zero attached hydrogens (tertiary/aromatic N) is 2. The first kappa shape index (κ1) is 10.9. The highest BCUT2D eigenvalue weighted by Crippen LogP contribution is 2.52. The quantitative estimate of drug-likeness (QED) is 0.627. The average Bonchev–Trinajstić information content (AvgIpc) is 2.50. The van der Waals surface area contributed by atoms with Crippen molar-refractivity contribution in [1.82, 2.24) is 0 Å². The third-order valence-corrected chi connectivity index (χ3v) is 3.87. The molecule has 1 N–H and O–H groups in total. The van der Waals surface area contributed by atoms with Crippen molar-refractivity contribution in [2.45, 2.75) is 32.3 Å². The molecule has 0 aliphatic heterocycles. The third-order valence-electron chi connectivity index (χ3n) is 3.87. The molecular weight excluding hydrogens is 200 g/mol. The smallest absolute Gasteiger partial charge is 0.168 e. The van der Waals surface area contributed by atoms with Gasteiger partial charge in [0.15, 0.2) is 5.41 Å². The molecule has 0 aromatic carbocycles. The molecule has 2 rings (SSSR count). The van der Waals surface area contributed by atoms with Crippen LogP contribution in [0.4, 0.5) is 0 Å². The zero-order valence-electron chi connectivity index (χ0n) is 9.27. The summed E-state index contributed by atoms with van der Waals surface area (Å²) in [4.78, 5) is 0. The van der Waals surface area contributed by atoms with Crippen molar-refractivity contribution < 1.29 is 5.11 Å². The molecular formula is C13H14N2O. The van der Waals surface area contributed by atoms with E-state index in [2.05, 4.69) is 12.1 Å². The van der Waals surface area contributed by atoms with Gasteiger partial charge in [-0.25, -0.2) is 0 Å². The Labute approximate surface area is 95.3 Å². The lowest BCUT2D eigenvalue weighted by atomic mass is 9.68. The molecule has 2 aliphatic rings. The van der Waals surface area contributed by atoms with Crippen molar-refractivity contribution in [3.63, 3.8) is 0 Å². The molecule has 3 nitrogen and oxygen atoms in total. The van der Waals surface area contributed by atoms with Crippen LogP contribution in [0, 0.1) is 33.5 Å². The molecule has 0 spiro atoms. The predicted octanol–water partition coefficient (Wildman–Crippen LogP) is 2.07. The van der Waals surface area contributed by atoms with E-state index in [1.54, 1.807) is 0 Å². The number of hydrogen-bond donors (Lipinski definition) is 1. The molecule has 0 unspecified atom stereocenters. The van der Waals surface area contributed by atoms with Gasteiger partial charge in [0.05, 0.1) is 18.2 Å². The molecule has 2 aliphatic carbocycles. The topological polar surface area (TPSA) is 67.8 Å². The number of aliphatic hydroxyl groups excluding tert-OH is 1. The Kier molecular flexibility index (Phi) is 2.37. The summed E-state index contributed by atoms with van der Waals surface area (Å²) < 4.78 is 0. The lowest BCUT2D eigenvalue weighted by Crippen LogP contribution is -2.35. The fourth-order valence-electron chi connectivity index (χ4n) is 2.74. The van der Waals surface area contributed by atoms with E-state index in [0.717, 1.165) is 5.57 Å². The van der Waals surface area contributed by atoms with Crippen LogP contribution in [0.25, 0.3) is 0 Å². The van der Waals surface area contributed by atoms with Gasteiger partial charge < -0.3 is 5.11 Å². The predicted molar refractivity (Wildman–Crippen MR) is 58.8 cm³/mol. The van der Waals surface area contributed by atoms with Crippen LogP contribution in [0.15, 0.2) is 23.8 Å². The molecule has 3 heteroatoms. The van der Waals surface area contributed by atoms with E-state index < -0.39 is 16.9 Å². The monoisotopic (exact) mass is 214 g/mol. The van der Waals surface area contributed by atoms with Gasteiger partial charge in [-0.05, 0) is 18.4 Å². The molecule has 2 atom stereocenters. The van der Waals surface area contributed by atoms with E-state index in [4.69, 9.17) is 0 Å². The van der Waals surface area contributed by atoms with E-state index in [9.17, 15) is 15.6 Å². The van der Waals surface area contributed by atoms with E-state index >= 15 is 0 Å². The molecule has 16 heavy (non-hydrogen) atoms. The maximum Gasteiger partial charge on any atom is 0.168 e. The highest BCUT2D eigenvalue weighted by atomic mass is 16.3. The maximum absolute atomic E-state index is 10.0. The third kappa shape index (κ3) is 1.22. The number of rotatable bonds is 0. The minimum atomic E-state index is -1.08. The highest BCUT2D eigenvalue weighted by molar-refractivity contribution is 5.43. The van der Waals surface area contributed by atoms with Crippen LogP contribution < -0.4 is 0 Å². The van der Waals surface area contributed by atoms with Gasteiger partial charge in [-0.3, -0.25) is 0 Å². The van der Waals surface area contributed by atoms with Gasteiger partial charge in [0.25, 0.3) is 0 Å². The SMILES string of the molecule is C[C@]12CC=CCC(C#N)(C#N)C1=CC[C@@H]2O. The number of aliphatic hydroxyl groups is 1. The number of fused-ring (bicyclic) bond motifs is 1. The molecule has 0 saturated carbocycles. The molecule has 0 amide bonds. The second-order valence-electron chi connectivity index (χ2n) is 4.80. The van der Waals surface area contributed by atoms with E-state index in [1.165, 1.54) is 0 Å². The summed E-state index contributed by atoms with van der Waals surface area (Å²) in [6.07, 6.45) is 6.92. The van der Waals surface area contributed by atoms with Crippen LogP contribution in [0.1, 0.15) is 26.2 Å². The lowest BCUT2D eigenvalue weighted by molar-refractivity contribution is 0.0752. The van der Waals surface area contributed by atoms with Crippen molar-refractivity contribution in [3.05, 3.63) is 23.8 Å². The van der Waals surface area contributed by atoms with Gasteiger partial charge in [-0.2, -0.15) is 10.5 Å². The molecule has 0 bridgehead atoms. The van der Waals surface area contributed by atoms with Crippen molar-refractivity contribution in [2.75, 3.05) is 0 Å². The number of hydrogen-bond acceptors (Lipinski definition) is 3. The van der Waals surface area contributed by atoms with Gasteiger partial charge >= 0.3 is 0 Å². The Balaban J connectivity index is 2.57. The zero-order chi connectivity index (χ0) is 11.8. The minimum absolute atomic E-state index is 0.425. The van der Waals surface area contributed by atoms with Crippen LogP contribution in [0.3, 0.4) is 0 Å². The minimum Gasteiger partial charge on any atom is -0.392 e. The summed E-state index contributed by atoms with van der Waals surface area (Å²) in [5.41, 5.74) is -0.722. The van der Waals surface area contributed by atoms with Crippen molar-refractivity contribution in [1.29, 1.82) is 10.5 Å². The van der Waals surface area contributed by atoms with Crippen LogP contribution in [0.2, 0.25) is 0 Å². The molecule has 0 aromatic heterocycles. The Hall–Kier alpha value is -1.58. The Morgan fingerprint density at radius 3 is 2.56 bits per heavy atom. The maximum atomic E-state index is 10.0. The molecule has 0 aromatic rings. The zero-order valence-corrected chi connectivity index (χ0v) is 9.27. The molecule has 82 valence electrons. The number of nitriles is 2. The van der Waals surface area contributed by atoms with Gasteiger partial charge in [-0.1, -0.05) is 25.2 Å². The van der Waals surface area contributed by atoms with Crippen LogP contribution in [-0.2, 0) is 0 Å². The van der Waals surface area contributed by atoms with E-state index in [1.807, 2.05) is 25.2 Å². The average molecular weight is 214 g/mol. The summed E-state index contributed by atoms with van der Waals surface area (Å²) in [6.45, 7) is 1.94. The van der Waals surface area contributed by atoms with Crippen molar-refractivity contribution >= 4 is 0 Å². The van der Waals surface area contributed by atoms with Gasteiger partial charge in [0, 0.05) is 11.8 Å². The summed E-state index contributed by atoms with van der Waals surface area (Å²) in [6, 6.07) is 4.27. The Morgan fingerprint density at radius 1 is 1.31 bits per heavy atom. The summed E-state index contributed by atoms with van der Waals surface area (Å²) in [5.74, 6) is 0. The Bertz CT molecular complexity index is 436. The van der Waals surface area contributed by atoms with Crippen molar-refractivity contribution in [2.24, 2.45) is 10.8 Å². The van der Waals surface area contributed by atoms with Crippen molar-refractivity contribution in [3.8, 4) is 12.1 Å². The molecule has 0 fully saturated rings. The highest BCUT2D eigenvalue weighted by Gasteiger charge is 2.50. The fraction of sp³-hybridized carbons (Fsp3) is 0.538. The van der Waals surface area contributed by atoms with Crippen LogP contribution >= 0.6 is 0 Å². The first-order valence-electron chi connectivity index (χ1n) is 5.46. The first-order chi connectivity index (χ1) is 7.59. The molecule has 0 radical (unpaired) electrons. The largest absolute Gasteiger partial charge is 0.392 e. The van der Waals surface area contributed by atoms with E-state index in [0.29, 0.717) is 19.3 Å². The summed E-state index contributed by atoms with van der Waals surface area (Å²) in [5, 5.41) is 28.6. The summed E-state index contributed by atoms with van der Waals surface area (Å²) in [7, 11) is 0. The standard InChI is InChI=1S/C13H14N2O/c1-12-6-2-3-7-13(8-14,9-15)10(12)4-5-11(12)16/h2-4,11,16H,5-7H2,1H3/t11-,12-/m0/s1. The Morgan fingerprint density at radius 2 is 1.94 bits per heavy atom. The first-order valence-corrected chi connectivity index (χ1v) is 5.46. The van der Waals surface area contributed by atoms with Gasteiger partial charge in [0.1, 0.15) is 0 Å². The fourth-order valence-corrected chi connectivity index (χ4v) is 2.74. The van der Waals surface area contributed by atoms with E-state index in [-0.39, 0.29) is 0 Å². The van der Waals surface area contributed by atoms with Gasteiger partial charge in [-0.15, -0.1) is 0 Å².